The van der Waals surface area contributed by atoms with Gasteiger partial charge < -0.3 is 15.0 Å². The second-order valence-corrected chi connectivity index (χ2v) is 8.73. The summed E-state index contributed by atoms with van der Waals surface area (Å²) in [6.07, 6.45) is 4.44. The molecule has 3 aliphatic heterocycles. The van der Waals surface area contributed by atoms with E-state index in [-0.39, 0.29) is 17.9 Å². The number of amides is 2. The van der Waals surface area contributed by atoms with Crippen LogP contribution in [0.5, 0.6) is 0 Å². The summed E-state index contributed by atoms with van der Waals surface area (Å²) in [5.41, 5.74) is 0.544. The number of rotatable bonds is 6. The summed E-state index contributed by atoms with van der Waals surface area (Å²) in [6.45, 7) is 1.66. The average molecular weight is 394 g/mol. The summed E-state index contributed by atoms with van der Waals surface area (Å²) < 4.78 is 6.17. The van der Waals surface area contributed by atoms with Gasteiger partial charge in [-0.05, 0) is 23.4 Å². The van der Waals surface area contributed by atoms with Gasteiger partial charge in [-0.15, -0.1) is 11.3 Å². The molecular formula is C22H22N2O3S. The highest BCUT2D eigenvalue weighted by Gasteiger charge is 2.66. The molecule has 6 heteroatoms. The van der Waals surface area contributed by atoms with Crippen LogP contribution < -0.4 is 5.32 Å². The number of carbonyl (C=O) groups excluding carboxylic acids is 2. The third-order valence-corrected chi connectivity index (χ3v) is 6.83. The summed E-state index contributed by atoms with van der Waals surface area (Å²) in [4.78, 5) is 29.1. The molecule has 5 rings (SSSR count). The van der Waals surface area contributed by atoms with E-state index in [0.29, 0.717) is 19.6 Å². The lowest BCUT2D eigenvalue weighted by Gasteiger charge is -2.23. The van der Waals surface area contributed by atoms with Crippen molar-refractivity contribution in [1.82, 2.24) is 10.2 Å². The summed E-state index contributed by atoms with van der Waals surface area (Å²) in [6, 6.07) is 14.1. The van der Waals surface area contributed by atoms with Crippen LogP contribution in [0.25, 0.3) is 0 Å². The number of thiophene rings is 1. The van der Waals surface area contributed by atoms with Gasteiger partial charge in [0.25, 0.3) is 0 Å². The minimum atomic E-state index is -0.638. The Balaban J connectivity index is 1.27. The van der Waals surface area contributed by atoms with Crippen LogP contribution in [0, 0.1) is 11.8 Å². The standard InChI is InChI=1S/C22H22N2O3S/c25-20(23-11-9-15-5-2-1-3-6-15)18-17-8-10-22(27-17)14-24(21(26)19(18)22)13-16-7-4-12-28-16/h1-8,10,12,17-19H,9,11,13-14H2,(H,23,25)/t17-,18?,19-,22?/m1/s1. The molecule has 0 saturated carbocycles. The predicted octanol–water partition coefficient (Wildman–Crippen LogP) is 2.39. The maximum absolute atomic E-state index is 13.1. The molecule has 0 radical (unpaired) electrons. The lowest BCUT2D eigenvalue weighted by Crippen LogP contribution is -2.44. The van der Waals surface area contributed by atoms with Crippen LogP contribution in [0.2, 0.25) is 0 Å². The Kier molecular flexibility index (Phi) is 4.33. The van der Waals surface area contributed by atoms with E-state index >= 15 is 0 Å². The molecule has 1 N–H and O–H groups in total. The molecule has 0 aliphatic carbocycles. The number of carbonyl (C=O) groups is 2. The number of hydrogen-bond acceptors (Lipinski definition) is 4. The zero-order chi connectivity index (χ0) is 19.1. The van der Waals surface area contributed by atoms with E-state index < -0.39 is 17.4 Å². The van der Waals surface area contributed by atoms with Crippen molar-refractivity contribution in [3.05, 3.63) is 70.4 Å². The Labute approximate surface area is 168 Å². The second-order valence-electron chi connectivity index (χ2n) is 7.70. The maximum Gasteiger partial charge on any atom is 0.230 e. The molecule has 2 saturated heterocycles. The fraction of sp³-hybridized carbons (Fsp3) is 0.364. The molecule has 2 aromatic rings. The largest absolute Gasteiger partial charge is 0.360 e. The van der Waals surface area contributed by atoms with E-state index in [4.69, 9.17) is 4.74 Å². The van der Waals surface area contributed by atoms with E-state index in [0.717, 1.165) is 11.3 Å². The van der Waals surface area contributed by atoms with Crippen LogP contribution in [-0.2, 0) is 27.3 Å². The lowest BCUT2D eigenvalue weighted by molar-refractivity contribution is -0.137. The Bertz CT molecular complexity index is 911. The van der Waals surface area contributed by atoms with E-state index in [1.54, 1.807) is 11.3 Å². The fourth-order valence-corrected chi connectivity index (χ4v) is 5.41. The van der Waals surface area contributed by atoms with E-state index in [1.807, 2.05) is 64.9 Å². The summed E-state index contributed by atoms with van der Waals surface area (Å²) >= 11 is 1.64. The molecule has 144 valence electrons. The van der Waals surface area contributed by atoms with Gasteiger partial charge in [0.2, 0.25) is 11.8 Å². The molecule has 3 aliphatic rings. The van der Waals surface area contributed by atoms with Crippen LogP contribution in [0.3, 0.4) is 0 Å². The van der Waals surface area contributed by atoms with Crippen molar-refractivity contribution < 1.29 is 14.3 Å². The Morgan fingerprint density at radius 2 is 2.11 bits per heavy atom. The molecule has 2 amide bonds. The predicted molar refractivity (Wildman–Crippen MR) is 107 cm³/mol. The van der Waals surface area contributed by atoms with E-state index in [9.17, 15) is 9.59 Å². The van der Waals surface area contributed by atoms with Gasteiger partial charge in [0.1, 0.15) is 5.60 Å². The van der Waals surface area contributed by atoms with Gasteiger partial charge >= 0.3 is 0 Å². The van der Waals surface area contributed by atoms with Gasteiger partial charge in [0.05, 0.1) is 31.0 Å². The second kappa shape index (κ2) is 6.87. The lowest BCUT2D eigenvalue weighted by atomic mass is 9.77. The van der Waals surface area contributed by atoms with Crippen molar-refractivity contribution in [3.63, 3.8) is 0 Å². The molecule has 2 unspecified atom stereocenters. The van der Waals surface area contributed by atoms with Crippen molar-refractivity contribution >= 4 is 23.2 Å². The first-order valence-corrected chi connectivity index (χ1v) is 10.5. The molecule has 1 spiro atoms. The number of ether oxygens (including phenoxy) is 1. The van der Waals surface area contributed by atoms with Crippen molar-refractivity contribution in [2.75, 3.05) is 13.1 Å². The van der Waals surface area contributed by atoms with Crippen molar-refractivity contribution in [2.45, 2.75) is 24.7 Å². The molecule has 2 fully saturated rings. The average Bonchev–Trinajstić information content (AvgIpc) is 3.46. The maximum atomic E-state index is 13.1. The van der Waals surface area contributed by atoms with Crippen molar-refractivity contribution in [3.8, 4) is 0 Å². The van der Waals surface area contributed by atoms with Crippen molar-refractivity contribution in [2.24, 2.45) is 11.8 Å². The van der Waals surface area contributed by atoms with E-state index in [1.165, 1.54) is 5.56 Å². The van der Waals surface area contributed by atoms with Gasteiger partial charge in [0.15, 0.2) is 0 Å². The monoisotopic (exact) mass is 394 g/mol. The third-order valence-electron chi connectivity index (χ3n) is 5.96. The zero-order valence-corrected chi connectivity index (χ0v) is 16.2. The molecule has 4 atom stereocenters. The molecule has 1 aromatic heterocycles. The minimum Gasteiger partial charge on any atom is -0.360 e. The van der Waals surface area contributed by atoms with Gasteiger partial charge in [0, 0.05) is 11.4 Å². The topological polar surface area (TPSA) is 58.6 Å². The first-order chi connectivity index (χ1) is 13.7. The van der Waals surface area contributed by atoms with Crippen LogP contribution in [0.15, 0.2) is 60.0 Å². The first kappa shape index (κ1) is 17.6. The number of benzene rings is 1. The number of nitrogens with zero attached hydrogens (tertiary/aromatic N) is 1. The number of fused-ring (bicyclic) bond motifs is 1. The highest BCUT2D eigenvalue weighted by Crippen LogP contribution is 2.52. The van der Waals surface area contributed by atoms with Gasteiger partial charge in [-0.25, -0.2) is 0 Å². The van der Waals surface area contributed by atoms with E-state index in [2.05, 4.69) is 5.32 Å². The molecule has 2 bridgehead atoms. The SMILES string of the molecule is O=C(NCCc1ccccc1)C1[C@H]2C=CC3(CN(Cc4cccs4)C(=O)[C@@H]13)O2. The van der Waals surface area contributed by atoms with Crippen molar-refractivity contribution in [1.29, 1.82) is 0 Å². The van der Waals surface area contributed by atoms with Crippen LogP contribution >= 0.6 is 11.3 Å². The Hall–Kier alpha value is -2.44. The van der Waals surface area contributed by atoms with Crippen LogP contribution in [0.4, 0.5) is 0 Å². The van der Waals surface area contributed by atoms with Crippen LogP contribution in [0.1, 0.15) is 10.4 Å². The van der Waals surface area contributed by atoms with Crippen LogP contribution in [-0.4, -0.2) is 41.5 Å². The number of hydrogen-bond donors (Lipinski definition) is 1. The van der Waals surface area contributed by atoms with Gasteiger partial charge in [-0.1, -0.05) is 48.6 Å². The number of likely N-dealkylation sites (tertiary alicyclic amines) is 1. The van der Waals surface area contributed by atoms with Gasteiger partial charge in [-0.3, -0.25) is 9.59 Å². The zero-order valence-electron chi connectivity index (χ0n) is 15.4. The summed E-state index contributed by atoms with van der Waals surface area (Å²) in [7, 11) is 0. The highest BCUT2D eigenvalue weighted by molar-refractivity contribution is 7.09. The molecule has 28 heavy (non-hydrogen) atoms. The molecule has 1 aromatic carbocycles. The summed E-state index contributed by atoms with van der Waals surface area (Å²) in [5, 5.41) is 5.04. The quantitative estimate of drug-likeness (QED) is 0.766. The number of nitrogens with one attached hydrogen (secondary N) is 1. The Morgan fingerprint density at radius 3 is 2.89 bits per heavy atom. The normalized spacial score (nSPS) is 30.1. The fourth-order valence-electron chi connectivity index (χ4n) is 4.69. The smallest absolute Gasteiger partial charge is 0.230 e. The highest BCUT2D eigenvalue weighted by atomic mass is 32.1. The third kappa shape index (κ3) is 2.88. The first-order valence-electron chi connectivity index (χ1n) is 9.66. The molecule has 4 heterocycles. The molecule has 5 nitrogen and oxygen atoms in total. The minimum absolute atomic E-state index is 0.0310. The summed E-state index contributed by atoms with van der Waals surface area (Å²) in [5.74, 6) is -0.910. The molecular weight excluding hydrogens is 372 g/mol. The van der Waals surface area contributed by atoms with Gasteiger partial charge in [-0.2, -0.15) is 0 Å². The Morgan fingerprint density at radius 1 is 1.25 bits per heavy atom.